The van der Waals surface area contributed by atoms with E-state index in [0.29, 0.717) is 23.4 Å². The molecule has 0 aliphatic rings. The van der Waals surface area contributed by atoms with Crippen LogP contribution in [0.25, 0.3) is 0 Å². The molecule has 0 saturated heterocycles. The number of hydrogen-bond acceptors (Lipinski definition) is 3. The zero-order chi connectivity index (χ0) is 18.6. The Hall–Kier alpha value is -2.41. The predicted octanol–water partition coefficient (Wildman–Crippen LogP) is 3.30. The number of benzene rings is 2. The van der Waals surface area contributed by atoms with Crippen LogP contribution in [-0.4, -0.2) is 25.8 Å². The number of hydrogen-bond donors (Lipinski definition) is 1. The highest BCUT2D eigenvalue weighted by Gasteiger charge is 2.20. The first-order valence-corrected chi connectivity index (χ1v) is 9.35. The molecular weight excluding hydrogens is 343 g/mol. The molecule has 0 aromatic heterocycles. The van der Waals surface area contributed by atoms with Gasteiger partial charge in [-0.25, -0.2) is 12.8 Å². The van der Waals surface area contributed by atoms with Gasteiger partial charge in [0.15, 0.2) is 0 Å². The fraction of sp³-hybridized carbons (Fsp3) is 0.278. The van der Waals surface area contributed by atoms with Gasteiger partial charge in [-0.3, -0.25) is 9.52 Å². The van der Waals surface area contributed by atoms with Crippen LogP contribution in [0.5, 0.6) is 0 Å². The first kappa shape index (κ1) is 18.9. The maximum atomic E-state index is 13.5. The molecule has 0 heterocycles. The standard InChI is InChI=1S/C18H21FN2O3S/c1-4-21(14(3)22)12-15-7-5-6-8-17(15)20-25(23,24)18-11-16(19)10-9-13(18)2/h5-11,20H,4,12H2,1-3H3. The molecule has 0 saturated carbocycles. The monoisotopic (exact) mass is 364 g/mol. The van der Waals surface area contributed by atoms with E-state index in [0.717, 1.165) is 6.07 Å². The van der Waals surface area contributed by atoms with Crippen molar-refractivity contribution in [1.29, 1.82) is 0 Å². The van der Waals surface area contributed by atoms with E-state index < -0.39 is 15.8 Å². The van der Waals surface area contributed by atoms with Gasteiger partial charge >= 0.3 is 0 Å². The Kier molecular flexibility index (Phi) is 5.79. The smallest absolute Gasteiger partial charge is 0.262 e. The van der Waals surface area contributed by atoms with E-state index in [2.05, 4.69) is 4.72 Å². The van der Waals surface area contributed by atoms with Crippen LogP contribution in [0.15, 0.2) is 47.4 Å². The first-order chi connectivity index (χ1) is 11.7. The second kappa shape index (κ2) is 7.65. The summed E-state index contributed by atoms with van der Waals surface area (Å²) >= 11 is 0. The van der Waals surface area contributed by atoms with Gasteiger partial charge in [0, 0.05) is 20.0 Å². The van der Waals surface area contributed by atoms with Crippen LogP contribution >= 0.6 is 0 Å². The van der Waals surface area contributed by atoms with Gasteiger partial charge in [0.05, 0.1) is 10.6 Å². The Balaban J connectivity index is 2.37. The van der Waals surface area contributed by atoms with Gasteiger partial charge in [0.25, 0.3) is 10.0 Å². The maximum Gasteiger partial charge on any atom is 0.262 e. The minimum Gasteiger partial charge on any atom is -0.339 e. The second-order valence-corrected chi connectivity index (χ2v) is 7.36. The molecule has 0 aliphatic carbocycles. The summed E-state index contributed by atoms with van der Waals surface area (Å²) in [6.45, 7) is 5.72. The summed E-state index contributed by atoms with van der Waals surface area (Å²) in [5.41, 5.74) is 1.48. The second-order valence-electron chi connectivity index (χ2n) is 5.71. The van der Waals surface area contributed by atoms with E-state index in [-0.39, 0.29) is 17.3 Å². The molecule has 134 valence electrons. The number of aryl methyl sites for hydroxylation is 1. The molecular formula is C18H21FN2O3S. The van der Waals surface area contributed by atoms with Crippen molar-refractivity contribution < 1.29 is 17.6 Å². The highest BCUT2D eigenvalue weighted by Crippen LogP contribution is 2.23. The topological polar surface area (TPSA) is 66.5 Å². The van der Waals surface area contributed by atoms with Crippen molar-refractivity contribution >= 4 is 21.6 Å². The first-order valence-electron chi connectivity index (χ1n) is 7.87. The van der Waals surface area contributed by atoms with Crippen LogP contribution < -0.4 is 4.72 Å². The number of nitrogens with one attached hydrogen (secondary N) is 1. The summed E-state index contributed by atoms with van der Waals surface area (Å²) in [6.07, 6.45) is 0. The zero-order valence-electron chi connectivity index (χ0n) is 14.4. The lowest BCUT2D eigenvalue weighted by Crippen LogP contribution is -2.28. The number of carbonyl (C=O) groups excluding carboxylic acids is 1. The molecule has 2 aromatic rings. The van der Waals surface area contributed by atoms with Crippen molar-refractivity contribution in [2.45, 2.75) is 32.2 Å². The highest BCUT2D eigenvalue weighted by molar-refractivity contribution is 7.92. The zero-order valence-corrected chi connectivity index (χ0v) is 15.2. The van der Waals surface area contributed by atoms with Crippen LogP contribution in [0, 0.1) is 12.7 Å². The van der Waals surface area contributed by atoms with Gasteiger partial charge < -0.3 is 4.90 Å². The van der Waals surface area contributed by atoms with Crippen LogP contribution in [0.3, 0.4) is 0 Å². The van der Waals surface area contributed by atoms with Crippen LogP contribution in [-0.2, 0) is 21.4 Å². The van der Waals surface area contributed by atoms with Crippen molar-refractivity contribution in [3.63, 3.8) is 0 Å². The average molecular weight is 364 g/mol. The van der Waals surface area contributed by atoms with Crippen molar-refractivity contribution in [3.05, 3.63) is 59.4 Å². The van der Waals surface area contributed by atoms with Crippen molar-refractivity contribution in [1.82, 2.24) is 4.90 Å². The van der Waals surface area contributed by atoms with Crippen LogP contribution in [0.2, 0.25) is 0 Å². The Bertz CT molecular complexity index is 882. The fourth-order valence-electron chi connectivity index (χ4n) is 2.47. The minimum absolute atomic E-state index is 0.0962. The molecule has 0 atom stereocenters. The Labute approximate surface area is 147 Å². The van der Waals surface area contributed by atoms with E-state index in [4.69, 9.17) is 0 Å². The van der Waals surface area contributed by atoms with Gasteiger partial charge in [-0.15, -0.1) is 0 Å². The molecule has 0 bridgehead atoms. The number of halogens is 1. The van der Waals surface area contributed by atoms with E-state index >= 15 is 0 Å². The summed E-state index contributed by atoms with van der Waals surface area (Å²) in [7, 11) is -3.95. The van der Waals surface area contributed by atoms with E-state index in [1.165, 1.54) is 19.1 Å². The molecule has 0 aliphatic heterocycles. The average Bonchev–Trinajstić information content (AvgIpc) is 2.55. The molecule has 0 spiro atoms. The number of nitrogens with zero attached hydrogens (tertiary/aromatic N) is 1. The minimum atomic E-state index is -3.95. The Morgan fingerprint density at radius 3 is 2.52 bits per heavy atom. The molecule has 7 heteroatoms. The summed E-state index contributed by atoms with van der Waals surface area (Å²) in [5.74, 6) is -0.714. The molecule has 25 heavy (non-hydrogen) atoms. The van der Waals surface area contributed by atoms with Crippen molar-refractivity contribution in [2.24, 2.45) is 0 Å². The SMILES string of the molecule is CCN(Cc1ccccc1NS(=O)(=O)c1cc(F)ccc1C)C(C)=O. The van der Waals surface area contributed by atoms with Crippen molar-refractivity contribution in [3.8, 4) is 0 Å². The molecule has 1 amide bonds. The van der Waals surface area contributed by atoms with Crippen LogP contribution in [0.1, 0.15) is 25.0 Å². The molecule has 0 fully saturated rings. The van der Waals surface area contributed by atoms with E-state index in [1.54, 1.807) is 36.1 Å². The van der Waals surface area contributed by atoms with Gasteiger partial charge in [-0.2, -0.15) is 0 Å². The van der Waals surface area contributed by atoms with E-state index in [9.17, 15) is 17.6 Å². The third kappa shape index (κ3) is 4.57. The van der Waals surface area contributed by atoms with Gasteiger partial charge in [0.1, 0.15) is 5.82 Å². The van der Waals surface area contributed by atoms with Gasteiger partial charge in [-0.05, 0) is 43.2 Å². The normalized spacial score (nSPS) is 11.2. The highest BCUT2D eigenvalue weighted by atomic mass is 32.2. The number of carbonyl (C=O) groups is 1. The number of anilines is 1. The van der Waals surface area contributed by atoms with Crippen LogP contribution in [0.4, 0.5) is 10.1 Å². The lowest BCUT2D eigenvalue weighted by atomic mass is 10.1. The quantitative estimate of drug-likeness (QED) is 0.855. The van der Waals surface area contributed by atoms with Gasteiger partial charge in [0.2, 0.25) is 5.91 Å². The number of sulfonamides is 1. The summed E-state index contributed by atoms with van der Waals surface area (Å²) < 4.78 is 41.3. The predicted molar refractivity (Wildman–Crippen MR) is 95.2 cm³/mol. The van der Waals surface area contributed by atoms with E-state index in [1.807, 2.05) is 6.92 Å². The molecule has 2 aromatic carbocycles. The molecule has 5 nitrogen and oxygen atoms in total. The summed E-state index contributed by atoms with van der Waals surface area (Å²) in [5, 5.41) is 0. The maximum absolute atomic E-state index is 13.5. The Morgan fingerprint density at radius 1 is 1.20 bits per heavy atom. The molecule has 0 unspecified atom stereocenters. The fourth-order valence-corrected chi connectivity index (χ4v) is 3.83. The summed E-state index contributed by atoms with van der Waals surface area (Å²) in [4.78, 5) is 13.1. The third-order valence-corrected chi connectivity index (χ3v) is 5.40. The largest absolute Gasteiger partial charge is 0.339 e. The molecule has 2 rings (SSSR count). The molecule has 1 N–H and O–H groups in total. The number of amides is 1. The lowest BCUT2D eigenvalue weighted by Gasteiger charge is -2.21. The summed E-state index contributed by atoms with van der Waals surface area (Å²) in [6, 6.07) is 10.5. The molecule has 0 radical (unpaired) electrons. The Morgan fingerprint density at radius 2 is 1.88 bits per heavy atom. The van der Waals surface area contributed by atoms with Crippen molar-refractivity contribution in [2.75, 3.05) is 11.3 Å². The third-order valence-electron chi connectivity index (χ3n) is 3.89. The lowest BCUT2D eigenvalue weighted by molar-refractivity contribution is -0.129. The number of para-hydroxylation sites is 1. The van der Waals surface area contributed by atoms with Gasteiger partial charge in [-0.1, -0.05) is 24.3 Å². The number of rotatable bonds is 6.